The number of carbonyl (C=O) groups is 1. The highest BCUT2D eigenvalue weighted by Gasteiger charge is 2.09. The van der Waals surface area contributed by atoms with E-state index in [0.717, 1.165) is 10.2 Å². The van der Waals surface area contributed by atoms with E-state index in [4.69, 9.17) is 0 Å². The summed E-state index contributed by atoms with van der Waals surface area (Å²) in [6, 6.07) is 13.4. The highest BCUT2D eigenvalue weighted by atomic mass is 79.9. The molecule has 9 nitrogen and oxygen atoms in total. The van der Waals surface area contributed by atoms with Gasteiger partial charge in [0.2, 0.25) is 11.1 Å². The third-order valence-corrected chi connectivity index (χ3v) is 4.89. The van der Waals surface area contributed by atoms with Gasteiger partial charge in [-0.1, -0.05) is 27.7 Å². The van der Waals surface area contributed by atoms with Crippen molar-refractivity contribution < 1.29 is 9.72 Å². The van der Waals surface area contributed by atoms with Crippen molar-refractivity contribution in [1.29, 1.82) is 0 Å². The quantitative estimate of drug-likeness (QED) is 0.263. The molecule has 0 unspecified atom stereocenters. The molecule has 11 heteroatoms. The molecule has 0 aliphatic rings. The summed E-state index contributed by atoms with van der Waals surface area (Å²) in [5, 5.41) is 23.9. The number of aromatic nitrogens is 3. The molecule has 0 aliphatic carbocycles. The van der Waals surface area contributed by atoms with E-state index in [9.17, 15) is 14.9 Å². The van der Waals surface area contributed by atoms with Crippen molar-refractivity contribution in [1.82, 2.24) is 15.2 Å². The lowest BCUT2D eigenvalue weighted by Crippen LogP contribution is -2.14. The SMILES string of the molecule is O=C(CSc1n[nH]c(CNc2ccc(Br)cc2)n1)Nc1ccc([N+](=O)[O-])cc1. The van der Waals surface area contributed by atoms with Crippen LogP contribution in [0.3, 0.4) is 0 Å². The fraction of sp³-hybridized carbons (Fsp3) is 0.118. The van der Waals surface area contributed by atoms with Gasteiger partial charge in [-0.2, -0.15) is 0 Å². The van der Waals surface area contributed by atoms with Gasteiger partial charge in [-0.25, -0.2) is 4.98 Å². The highest BCUT2D eigenvalue weighted by molar-refractivity contribution is 9.10. The average Bonchev–Trinajstić information content (AvgIpc) is 3.14. The zero-order chi connectivity index (χ0) is 19.9. The minimum absolute atomic E-state index is 0.0302. The van der Waals surface area contributed by atoms with Crippen LogP contribution in [0, 0.1) is 10.1 Å². The molecule has 0 atom stereocenters. The molecule has 0 saturated carbocycles. The minimum atomic E-state index is -0.492. The topological polar surface area (TPSA) is 126 Å². The lowest BCUT2D eigenvalue weighted by molar-refractivity contribution is -0.384. The van der Waals surface area contributed by atoms with Crippen LogP contribution in [0.15, 0.2) is 58.2 Å². The third-order valence-electron chi connectivity index (χ3n) is 3.51. The Bertz CT molecular complexity index is 962. The summed E-state index contributed by atoms with van der Waals surface area (Å²) >= 11 is 4.58. The summed E-state index contributed by atoms with van der Waals surface area (Å²) in [5.74, 6) is 0.522. The van der Waals surface area contributed by atoms with Gasteiger partial charge in [0.15, 0.2) is 0 Å². The Morgan fingerprint density at radius 2 is 1.82 bits per heavy atom. The van der Waals surface area contributed by atoms with Gasteiger partial charge in [0.25, 0.3) is 5.69 Å². The Hall–Kier alpha value is -2.92. The van der Waals surface area contributed by atoms with Crippen molar-refractivity contribution >= 4 is 50.7 Å². The van der Waals surface area contributed by atoms with Gasteiger partial charge in [0.05, 0.1) is 17.2 Å². The Morgan fingerprint density at radius 1 is 1.14 bits per heavy atom. The Morgan fingerprint density at radius 3 is 2.50 bits per heavy atom. The van der Waals surface area contributed by atoms with E-state index >= 15 is 0 Å². The summed E-state index contributed by atoms with van der Waals surface area (Å²) in [6.45, 7) is 0.476. The summed E-state index contributed by atoms with van der Waals surface area (Å²) in [5.41, 5.74) is 1.42. The van der Waals surface area contributed by atoms with Crippen LogP contribution in [0.25, 0.3) is 0 Å². The largest absolute Gasteiger partial charge is 0.378 e. The van der Waals surface area contributed by atoms with Crippen LogP contribution < -0.4 is 10.6 Å². The Kier molecular flexibility index (Phi) is 6.61. The molecule has 1 amide bonds. The summed E-state index contributed by atoms with van der Waals surface area (Å²) < 4.78 is 1.00. The van der Waals surface area contributed by atoms with Crippen LogP contribution in [0.5, 0.6) is 0 Å². The lowest BCUT2D eigenvalue weighted by atomic mass is 10.3. The normalized spacial score (nSPS) is 10.5. The average molecular weight is 463 g/mol. The molecule has 0 spiro atoms. The van der Waals surface area contributed by atoms with Crippen molar-refractivity contribution in [3.05, 3.63) is 68.9 Å². The second kappa shape index (κ2) is 9.33. The number of thioether (sulfide) groups is 1. The van der Waals surface area contributed by atoms with E-state index in [-0.39, 0.29) is 17.3 Å². The number of amides is 1. The molecule has 2 aromatic carbocycles. The van der Waals surface area contributed by atoms with Gasteiger partial charge in [-0.3, -0.25) is 20.0 Å². The van der Waals surface area contributed by atoms with Crippen molar-refractivity contribution in [2.24, 2.45) is 0 Å². The number of benzene rings is 2. The number of nitrogens with one attached hydrogen (secondary N) is 3. The van der Waals surface area contributed by atoms with E-state index in [1.165, 1.54) is 36.0 Å². The van der Waals surface area contributed by atoms with Crippen molar-refractivity contribution in [3.8, 4) is 0 Å². The van der Waals surface area contributed by atoms with Crippen molar-refractivity contribution in [2.45, 2.75) is 11.7 Å². The van der Waals surface area contributed by atoms with Crippen LogP contribution in [-0.4, -0.2) is 31.8 Å². The van der Waals surface area contributed by atoms with Crippen molar-refractivity contribution in [2.75, 3.05) is 16.4 Å². The smallest absolute Gasteiger partial charge is 0.269 e. The molecule has 0 aliphatic heterocycles. The number of aromatic amines is 1. The maximum atomic E-state index is 12.0. The molecule has 0 fully saturated rings. The maximum Gasteiger partial charge on any atom is 0.269 e. The number of hydrogen-bond donors (Lipinski definition) is 3. The van der Waals surface area contributed by atoms with Crippen LogP contribution in [0.1, 0.15) is 5.82 Å². The number of carbonyl (C=O) groups excluding carboxylic acids is 1. The van der Waals surface area contributed by atoms with Crippen LogP contribution in [0.4, 0.5) is 17.1 Å². The van der Waals surface area contributed by atoms with E-state index in [0.29, 0.717) is 23.2 Å². The molecule has 0 radical (unpaired) electrons. The van der Waals surface area contributed by atoms with E-state index in [1.807, 2.05) is 24.3 Å². The predicted molar refractivity (Wildman–Crippen MR) is 110 cm³/mol. The standard InChI is InChI=1S/C17H15BrN6O3S/c18-11-1-3-12(4-2-11)19-9-15-21-17(23-22-15)28-10-16(25)20-13-5-7-14(8-6-13)24(26)27/h1-8,19H,9-10H2,(H,20,25)(H,21,22,23). The number of rotatable bonds is 8. The van der Waals surface area contributed by atoms with Crippen molar-refractivity contribution in [3.63, 3.8) is 0 Å². The van der Waals surface area contributed by atoms with E-state index in [1.54, 1.807) is 0 Å². The molecule has 1 aromatic heterocycles. The predicted octanol–water partition coefficient (Wildman–Crippen LogP) is 3.82. The second-order valence-corrected chi connectivity index (χ2v) is 7.42. The number of halogens is 1. The first-order valence-electron chi connectivity index (χ1n) is 8.07. The molecule has 1 heterocycles. The molecule has 3 rings (SSSR count). The third kappa shape index (κ3) is 5.79. The van der Waals surface area contributed by atoms with Gasteiger partial charge in [0, 0.05) is 28.0 Å². The first kappa shape index (κ1) is 19.8. The molecular weight excluding hydrogens is 448 g/mol. The molecule has 3 aromatic rings. The van der Waals surface area contributed by atoms with Gasteiger partial charge in [-0.05, 0) is 36.4 Å². The zero-order valence-corrected chi connectivity index (χ0v) is 16.8. The summed E-state index contributed by atoms with van der Waals surface area (Å²) in [6.07, 6.45) is 0. The fourth-order valence-corrected chi connectivity index (χ4v) is 3.05. The first-order chi connectivity index (χ1) is 13.5. The molecular formula is C17H15BrN6O3S. The Balaban J connectivity index is 1.45. The molecule has 0 bridgehead atoms. The van der Waals surface area contributed by atoms with Gasteiger partial charge < -0.3 is 10.6 Å². The van der Waals surface area contributed by atoms with Gasteiger partial charge in [0.1, 0.15) is 5.82 Å². The highest BCUT2D eigenvalue weighted by Crippen LogP contribution is 2.18. The maximum absolute atomic E-state index is 12.0. The second-order valence-electron chi connectivity index (χ2n) is 5.57. The first-order valence-corrected chi connectivity index (χ1v) is 9.85. The number of hydrogen-bond acceptors (Lipinski definition) is 7. The number of nitrogens with zero attached hydrogens (tertiary/aromatic N) is 3. The molecule has 3 N–H and O–H groups in total. The number of anilines is 2. The number of non-ortho nitro benzene ring substituents is 1. The monoisotopic (exact) mass is 462 g/mol. The minimum Gasteiger partial charge on any atom is -0.378 e. The Labute approximate surface area is 172 Å². The molecule has 0 saturated heterocycles. The number of H-pyrrole nitrogens is 1. The van der Waals surface area contributed by atoms with Crippen LogP contribution >= 0.6 is 27.7 Å². The lowest BCUT2D eigenvalue weighted by Gasteiger charge is -2.04. The van der Waals surface area contributed by atoms with E-state index < -0.39 is 4.92 Å². The number of nitro groups is 1. The fourth-order valence-electron chi connectivity index (χ4n) is 2.17. The summed E-state index contributed by atoms with van der Waals surface area (Å²) in [4.78, 5) is 26.5. The van der Waals surface area contributed by atoms with Gasteiger partial charge in [-0.15, -0.1) is 5.10 Å². The molecule has 144 valence electrons. The summed E-state index contributed by atoms with van der Waals surface area (Å²) in [7, 11) is 0. The van der Waals surface area contributed by atoms with Crippen LogP contribution in [0.2, 0.25) is 0 Å². The zero-order valence-electron chi connectivity index (χ0n) is 14.4. The molecule has 28 heavy (non-hydrogen) atoms. The number of nitro benzene ring substituents is 1. The van der Waals surface area contributed by atoms with E-state index in [2.05, 4.69) is 41.7 Å². The van der Waals surface area contributed by atoms with Gasteiger partial charge >= 0.3 is 0 Å². The van der Waals surface area contributed by atoms with Crippen LogP contribution in [-0.2, 0) is 11.3 Å².